The van der Waals surface area contributed by atoms with Gasteiger partial charge in [-0.1, -0.05) is 30.3 Å². The summed E-state index contributed by atoms with van der Waals surface area (Å²) in [6, 6.07) is 21.8. The maximum absolute atomic E-state index is 4.53. The Hall–Kier alpha value is -2.39. The molecule has 4 aromatic rings. The highest BCUT2D eigenvalue weighted by atomic mass is 79.9. The largest absolute Gasteiger partial charge is 0.331 e. The third kappa shape index (κ3) is 2.05. The van der Waals surface area contributed by atoms with Gasteiger partial charge < -0.3 is 4.57 Å². The number of halogens is 1. The molecule has 0 aliphatic carbocycles. The number of rotatable bonds is 1. The quantitative estimate of drug-likeness (QED) is 0.377. The molecule has 0 saturated carbocycles. The fourth-order valence-corrected chi connectivity index (χ4v) is 4.32. The number of nitrogens with zero attached hydrogens (tertiary/aromatic N) is 2. The van der Waals surface area contributed by atoms with Crippen molar-refractivity contribution in [2.75, 3.05) is 0 Å². The summed E-state index contributed by atoms with van der Waals surface area (Å²) >= 11 is 3.45. The van der Waals surface area contributed by atoms with Gasteiger partial charge in [0.2, 0.25) is 0 Å². The normalized spacial score (nSPS) is 14.5. The molecule has 3 heteroatoms. The number of fused-ring (bicyclic) bond motifs is 5. The predicted octanol–water partition coefficient (Wildman–Crippen LogP) is 6.23. The molecule has 3 heterocycles. The lowest BCUT2D eigenvalue weighted by atomic mass is 9.92. The molecule has 0 bridgehead atoms. The van der Waals surface area contributed by atoms with Crippen molar-refractivity contribution < 1.29 is 0 Å². The Balaban J connectivity index is 1.74. The maximum Gasteiger partial charge on any atom is 0.0703 e. The number of hydrogen-bond donors (Lipinski definition) is 0. The molecule has 0 unspecified atom stereocenters. The lowest BCUT2D eigenvalue weighted by Gasteiger charge is -2.24. The Morgan fingerprint density at radius 1 is 0.960 bits per heavy atom. The molecule has 0 fully saturated rings. The van der Waals surface area contributed by atoms with E-state index in [1.807, 2.05) is 18.3 Å². The summed E-state index contributed by atoms with van der Waals surface area (Å²) < 4.78 is 3.46. The second-order valence-corrected chi connectivity index (χ2v) is 8.02. The van der Waals surface area contributed by atoms with Crippen molar-refractivity contribution in [2.45, 2.75) is 19.4 Å². The molecule has 0 atom stereocenters. The zero-order valence-corrected chi connectivity index (χ0v) is 15.7. The first-order valence-electron chi connectivity index (χ1n) is 8.43. The fourth-order valence-electron chi connectivity index (χ4n) is 4.08. The SMILES string of the molecule is CC1(C)c2ccccc2-c2cc3cc(-c4ccc(Br)cn4)ccc3n21. The van der Waals surface area contributed by atoms with E-state index in [9.17, 15) is 0 Å². The van der Waals surface area contributed by atoms with Crippen LogP contribution in [0.25, 0.3) is 33.4 Å². The number of hydrogen-bond acceptors (Lipinski definition) is 1. The van der Waals surface area contributed by atoms with Crippen molar-refractivity contribution >= 4 is 26.8 Å². The summed E-state index contributed by atoms with van der Waals surface area (Å²) in [5, 5.41) is 1.26. The van der Waals surface area contributed by atoms with Crippen LogP contribution in [0.2, 0.25) is 0 Å². The van der Waals surface area contributed by atoms with E-state index in [-0.39, 0.29) is 5.54 Å². The molecule has 0 saturated heterocycles. The minimum absolute atomic E-state index is 0.0367. The molecule has 1 aliphatic rings. The first-order chi connectivity index (χ1) is 12.1. The molecule has 0 radical (unpaired) electrons. The van der Waals surface area contributed by atoms with Gasteiger partial charge in [-0.25, -0.2) is 0 Å². The summed E-state index contributed by atoms with van der Waals surface area (Å²) in [4.78, 5) is 4.53. The lowest BCUT2D eigenvalue weighted by Crippen LogP contribution is -2.23. The highest BCUT2D eigenvalue weighted by molar-refractivity contribution is 9.10. The molecular weight excluding hydrogens is 372 g/mol. The molecule has 0 amide bonds. The Morgan fingerprint density at radius 2 is 1.80 bits per heavy atom. The third-order valence-corrected chi connectivity index (χ3v) is 5.71. The van der Waals surface area contributed by atoms with Gasteiger partial charge in [-0.3, -0.25) is 4.98 Å². The van der Waals surface area contributed by atoms with E-state index < -0.39 is 0 Å². The zero-order chi connectivity index (χ0) is 17.2. The van der Waals surface area contributed by atoms with Crippen LogP contribution in [-0.2, 0) is 5.54 Å². The van der Waals surface area contributed by atoms with Gasteiger partial charge >= 0.3 is 0 Å². The van der Waals surface area contributed by atoms with E-state index in [0.29, 0.717) is 0 Å². The van der Waals surface area contributed by atoms with E-state index >= 15 is 0 Å². The molecule has 2 nitrogen and oxygen atoms in total. The van der Waals surface area contributed by atoms with Crippen LogP contribution < -0.4 is 0 Å². The van der Waals surface area contributed by atoms with Crippen LogP contribution in [0.5, 0.6) is 0 Å². The monoisotopic (exact) mass is 388 g/mol. The molecule has 25 heavy (non-hydrogen) atoms. The first kappa shape index (κ1) is 14.9. The summed E-state index contributed by atoms with van der Waals surface area (Å²) in [5.41, 5.74) is 7.42. The van der Waals surface area contributed by atoms with Crippen LogP contribution in [0.15, 0.2) is 71.3 Å². The van der Waals surface area contributed by atoms with Gasteiger partial charge in [0.15, 0.2) is 0 Å². The van der Waals surface area contributed by atoms with Gasteiger partial charge in [0, 0.05) is 32.7 Å². The van der Waals surface area contributed by atoms with Crippen LogP contribution >= 0.6 is 15.9 Å². The summed E-state index contributed by atoms with van der Waals surface area (Å²) in [6.07, 6.45) is 1.85. The minimum Gasteiger partial charge on any atom is -0.331 e. The molecule has 1 aliphatic heterocycles. The molecule has 5 rings (SSSR count). The smallest absolute Gasteiger partial charge is 0.0703 e. The molecule has 0 N–H and O–H groups in total. The summed E-state index contributed by atoms with van der Waals surface area (Å²) in [6.45, 7) is 4.60. The standard InChI is InChI=1S/C22H17BrN2/c1-22(2)18-6-4-3-5-17(18)21-12-15-11-14(7-10-20(15)25(21)22)19-9-8-16(23)13-24-19/h3-13H,1-2H3. The second-order valence-electron chi connectivity index (χ2n) is 7.10. The third-order valence-electron chi connectivity index (χ3n) is 5.25. The van der Waals surface area contributed by atoms with E-state index in [2.05, 4.69) is 87.9 Å². The van der Waals surface area contributed by atoms with Crippen molar-refractivity contribution in [2.24, 2.45) is 0 Å². The molecular formula is C22H17BrN2. The Labute approximate surface area is 155 Å². The summed E-state index contributed by atoms with van der Waals surface area (Å²) in [7, 11) is 0. The molecule has 122 valence electrons. The highest BCUT2D eigenvalue weighted by Crippen LogP contribution is 2.47. The number of benzene rings is 2. The molecule has 2 aromatic heterocycles. The van der Waals surface area contributed by atoms with E-state index in [0.717, 1.165) is 15.7 Å². The van der Waals surface area contributed by atoms with Crippen LogP contribution in [0.4, 0.5) is 0 Å². The van der Waals surface area contributed by atoms with E-state index in [4.69, 9.17) is 0 Å². The Morgan fingerprint density at radius 3 is 2.60 bits per heavy atom. The average Bonchev–Trinajstić information content (AvgIpc) is 3.10. The Kier molecular flexibility index (Phi) is 3.02. The first-order valence-corrected chi connectivity index (χ1v) is 9.23. The average molecular weight is 389 g/mol. The second kappa shape index (κ2) is 5.06. The van der Waals surface area contributed by atoms with Crippen LogP contribution in [0, 0.1) is 0 Å². The number of pyridine rings is 1. The van der Waals surface area contributed by atoms with Crippen LogP contribution in [0.3, 0.4) is 0 Å². The maximum atomic E-state index is 4.53. The molecule has 2 aromatic carbocycles. The van der Waals surface area contributed by atoms with Crippen molar-refractivity contribution in [3.05, 3.63) is 76.9 Å². The topological polar surface area (TPSA) is 17.8 Å². The lowest BCUT2D eigenvalue weighted by molar-refractivity contribution is 0.476. The van der Waals surface area contributed by atoms with Crippen molar-refractivity contribution in [1.29, 1.82) is 0 Å². The zero-order valence-electron chi connectivity index (χ0n) is 14.1. The van der Waals surface area contributed by atoms with Crippen molar-refractivity contribution in [3.63, 3.8) is 0 Å². The van der Waals surface area contributed by atoms with Gasteiger partial charge in [0.05, 0.1) is 16.9 Å². The minimum atomic E-state index is -0.0367. The van der Waals surface area contributed by atoms with Gasteiger partial charge in [0.1, 0.15) is 0 Å². The predicted molar refractivity (Wildman–Crippen MR) is 107 cm³/mol. The van der Waals surface area contributed by atoms with Crippen LogP contribution in [-0.4, -0.2) is 9.55 Å². The van der Waals surface area contributed by atoms with E-state index in [1.165, 1.54) is 27.7 Å². The number of aromatic nitrogens is 2. The van der Waals surface area contributed by atoms with Gasteiger partial charge in [-0.05, 0) is 65.7 Å². The Bertz CT molecular complexity index is 1120. The van der Waals surface area contributed by atoms with Crippen molar-refractivity contribution in [1.82, 2.24) is 9.55 Å². The molecule has 0 spiro atoms. The van der Waals surface area contributed by atoms with Gasteiger partial charge in [0.25, 0.3) is 0 Å². The van der Waals surface area contributed by atoms with Crippen LogP contribution in [0.1, 0.15) is 19.4 Å². The van der Waals surface area contributed by atoms with Gasteiger partial charge in [-0.15, -0.1) is 0 Å². The van der Waals surface area contributed by atoms with Crippen molar-refractivity contribution in [3.8, 4) is 22.5 Å². The fraction of sp³-hybridized carbons (Fsp3) is 0.136. The van der Waals surface area contributed by atoms with Gasteiger partial charge in [-0.2, -0.15) is 0 Å². The van der Waals surface area contributed by atoms with E-state index in [1.54, 1.807) is 0 Å². The summed E-state index contributed by atoms with van der Waals surface area (Å²) in [5.74, 6) is 0. The highest BCUT2D eigenvalue weighted by Gasteiger charge is 2.35.